The smallest absolute Gasteiger partial charge is 0.229 e. The van der Waals surface area contributed by atoms with Crippen molar-refractivity contribution in [3.63, 3.8) is 0 Å². The Hall–Kier alpha value is -3.55. The van der Waals surface area contributed by atoms with Gasteiger partial charge in [-0.1, -0.05) is 0 Å². The Balaban J connectivity index is 1.77. The second-order valence-electron chi connectivity index (χ2n) is 7.81. The summed E-state index contributed by atoms with van der Waals surface area (Å²) in [4.78, 5) is 12.6. The standard InChI is InChI=1S/C23H24O12/c1-31-14-5-9(13-7-12(27)17-10(25)3-4-11(26)21(17)33-13)6-15(32-2)22(14)35-23-20(30)19(29)18(28)16(8-24)34-23/h3-7,16,18-20,23-26,28-30H,8H2,1-2H3. The average Bonchev–Trinajstić information content (AvgIpc) is 2.86. The number of ether oxygens (including phenoxy) is 4. The van der Waals surface area contributed by atoms with E-state index in [-0.39, 0.29) is 51.0 Å². The summed E-state index contributed by atoms with van der Waals surface area (Å²) < 4.78 is 27.5. The predicted molar refractivity (Wildman–Crippen MR) is 119 cm³/mol. The van der Waals surface area contributed by atoms with Gasteiger partial charge in [-0.2, -0.15) is 0 Å². The van der Waals surface area contributed by atoms with E-state index < -0.39 is 42.7 Å². The van der Waals surface area contributed by atoms with Gasteiger partial charge in [0.2, 0.25) is 12.0 Å². The summed E-state index contributed by atoms with van der Waals surface area (Å²) in [6.45, 7) is -0.637. The third-order valence-electron chi connectivity index (χ3n) is 5.66. The van der Waals surface area contributed by atoms with Crippen molar-refractivity contribution >= 4 is 11.0 Å². The number of aliphatic hydroxyl groups is 4. The second kappa shape index (κ2) is 9.60. The van der Waals surface area contributed by atoms with Gasteiger partial charge in [-0.3, -0.25) is 4.79 Å². The van der Waals surface area contributed by atoms with Gasteiger partial charge in [-0.05, 0) is 24.3 Å². The quantitative estimate of drug-likeness (QED) is 0.254. The van der Waals surface area contributed by atoms with Crippen LogP contribution < -0.4 is 19.6 Å². The maximum atomic E-state index is 12.6. The summed E-state index contributed by atoms with van der Waals surface area (Å²) in [5.74, 6) is -0.626. The summed E-state index contributed by atoms with van der Waals surface area (Å²) in [7, 11) is 2.64. The van der Waals surface area contributed by atoms with Gasteiger partial charge in [0.05, 0.1) is 20.8 Å². The maximum absolute atomic E-state index is 12.6. The molecule has 1 saturated heterocycles. The van der Waals surface area contributed by atoms with Crippen LogP contribution in [0.1, 0.15) is 0 Å². The lowest BCUT2D eigenvalue weighted by Crippen LogP contribution is -2.60. The molecule has 2 heterocycles. The monoisotopic (exact) mass is 492 g/mol. The lowest BCUT2D eigenvalue weighted by Gasteiger charge is -2.39. The largest absolute Gasteiger partial charge is 0.507 e. The number of hydrogen-bond acceptors (Lipinski definition) is 12. The van der Waals surface area contributed by atoms with Crippen molar-refractivity contribution in [1.29, 1.82) is 0 Å². The van der Waals surface area contributed by atoms with E-state index in [0.29, 0.717) is 0 Å². The minimum absolute atomic E-state index is 0.0133. The molecule has 188 valence electrons. The number of benzene rings is 2. The summed E-state index contributed by atoms with van der Waals surface area (Å²) >= 11 is 0. The molecule has 6 N–H and O–H groups in total. The Bertz CT molecular complexity index is 1260. The van der Waals surface area contributed by atoms with Crippen LogP contribution >= 0.6 is 0 Å². The molecule has 4 rings (SSSR count). The molecule has 3 aromatic rings. The van der Waals surface area contributed by atoms with E-state index in [4.69, 9.17) is 23.4 Å². The van der Waals surface area contributed by atoms with Crippen molar-refractivity contribution in [2.75, 3.05) is 20.8 Å². The van der Waals surface area contributed by atoms with Crippen LogP contribution in [0.5, 0.6) is 28.7 Å². The molecule has 5 atom stereocenters. The number of hydrogen-bond donors (Lipinski definition) is 6. The molecule has 0 amide bonds. The molecule has 0 spiro atoms. The van der Waals surface area contributed by atoms with Gasteiger partial charge in [0.25, 0.3) is 0 Å². The predicted octanol–water partition coefficient (Wildman–Crippen LogP) is 0.0671. The molecule has 0 radical (unpaired) electrons. The number of phenolic OH excluding ortho intramolecular Hbond substituents is 2. The van der Waals surface area contributed by atoms with E-state index in [9.17, 15) is 35.4 Å². The van der Waals surface area contributed by atoms with E-state index in [0.717, 1.165) is 6.07 Å². The third kappa shape index (κ3) is 4.33. The van der Waals surface area contributed by atoms with Gasteiger partial charge < -0.3 is 54.0 Å². The lowest BCUT2D eigenvalue weighted by molar-refractivity contribution is -0.277. The van der Waals surface area contributed by atoms with Crippen molar-refractivity contribution < 1.29 is 54.0 Å². The zero-order valence-corrected chi connectivity index (χ0v) is 18.6. The van der Waals surface area contributed by atoms with Crippen LogP contribution in [0.4, 0.5) is 0 Å². The zero-order valence-electron chi connectivity index (χ0n) is 18.6. The Kier molecular flexibility index (Phi) is 6.74. The minimum atomic E-state index is -1.67. The first-order valence-corrected chi connectivity index (χ1v) is 10.4. The van der Waals surface area contributed by atoms with Gasteiger partial charge in [-0.15, -0.1) is 0 Å². The number of fused-ring (bicyclic) bond motifs is 1. The third-order valence-corrected chi connectivity index (χ3v) is 5.66. The Morgan fingerprint density at radius 2 is 1.54 bits per heavy atom. The highest BCUT2D eigenvalue weighted by atomic mass is 16.7. The Morgan fingerprint density at radius 3 is 2.14 bits per heavy atom. The molecule has 0 aliphatic carbocycles. The van der Waals surface area contributed by atoms with E-state index >= 15 is 0 Å². The molecule has 1 aromatic heterocycles. The van der Waals surface area contributed by atoms with Crippen molar-refractivity contribution in [2.45, 2.75) is 30.7 Å². The first kappa shape index (κ1) is 24.6. The summed E-state index contributed by atoms with van der Waals surface area (Å²) in [6, 6.07) is 6.32. The van der Waals surface area contributed by atoms with Crippen LogP contribution in [0, 0.1) is 0 Å². The molecule has 35 heavy (non-hydrogen) atoms. The van der Waals surface area contributed by atoms with Crippen LogP contribution in [0.2, 0.25) is 0 Å². The highest BCUT2D eigenvalue weighted by Gasteiger charge is 2.45. The zero-order chi connectivity index (χ0) is 25.4. The SMILES string of the molecule is COc1cc(-c2cc(=O)c3c(O)ccc(O)c3o2)cc(OC)c1OC1OC(CO)C(O)C(O)C1O. The first-order chi connectivity index (χ1) is 16.7. The van der Waals surface area contributed by atoms with Gasteiger partial charge >= 0.3 is 0 Å². The van der Waals surface area contributed by atoms with Crippen LogP contribution in [-0.4, -0.2) is 82.2 Å². The summed E-state index contributed by atoms with van der Waals surface area (Å²) in [6.07, 6.45) is -7.58. The molecular formula is C23H24O12. The number of aromatic hydroxyl groups is 2. The van der Waals surface area contributed by atoms with Gasteiger partial charge in [0.15, 0.2) is 28.3 Å². The number of phenols is 2. The molecule has 0 bridgehead atoms. The fourth-order valence-corrected chi connectivity index (χ4v) is 3.79. The first-order valence-electron chi connectivity index (χ1n) is 10.4. The Labute approximate surface area is 197 Å². The molecule has 2 aromatic carbocycles. The van der Waals surface area contributed by atoms with E-state index in [1.807, 2.05) is 0 Å². The van der Waals surface area contributed by atoms with Crippen molar-refractivity contribution in [3.05, 3.63) is 40.6 Å². The molecule has 0 saturated carbocycles. The molecule has 5 unspecified atom stereocenters. The van der Waals surface area contributed by atoms with E-state index in [1.54, 1.807) is 0 Å². The second-order valence-corrected chi connectivity index (χ2v) is 7.81. The normalized spacial score (nSPS) is 24.3. The molecule has 1 aliphatic heterocycles. The minimum Gasteiger partial charge on any atom is -0.507 e. The highest BCUT2D eigenvalue weighted by molar-refractivity contribution is 5.89. The van der Waals surface area contributed by atoms with Crippen molar-refractivity contribution in [2.24, 2.45) is 0 Å². The molecule has 1 fully saturated rings. The van der Waals surface area contributed by atoms with E-state index in [2.05, 4.69) is 0 Å². The molecule has 12 nitrogen and oxygen atoms in total. The van der Waals surface area contributed by atoms with Gasteiger partial charge in [-0.25, -0.2) is 0 Å². The fourth-order valence-electron chi connectivity index (χ4n) is 3.79. The van der Waals surface area contributed by atoms with Crippen LogP contribution in [0.15, 0.2) is 39.5 Å². The average molecular weight is 492 g/mol. The molecule has 1 aliphatic rings. The van der Waals surface area contributed by atoms with E-state index in [1.165, 1.54) is 38.5 Å². The maximum Gasteiger partial charge on any atom is 0.229 e. The molecular weight excluding hydrogens is 468 g/mol. The van der Waals surface area contributed by atoms with Crippen LogP contribution in [-0.2, 0) is 4.74 Å². The number of rotatable bonds is 6. The summed E-state index contributed by atoms with van der Waals surface area (Å²) in [5.41, 5.74) is -0.539. The molecule has 12 heteroatoms. The van der Waals surface area contributed by atoms with Gasteiger partial charge in [0, 0.05) is 11.6 Å². The highest BCUT2D eigenvalue weighted by Crippen LogP contribution is 2.43. The number of aliphatic hydroxyl groups excluding tert-OH is 4. The fraction of sp³-hybridized carbons (Fsp3) is 0.348. The van der Waals surface area contributed by atoms with Gasteiger partial charge in [0.1, 0.15) is 41.3 Å². The number of methoxy groups -OCH3 is 2. The van der Waals surface area contributed by atoms with Crippen LogP contribution in [0.3, 0.4) is 0 Å². The van der Waals surface area contributed by atoms with Crippen molar-refractivity contribution in [1.82, 2.24) is 0 Å². The summed E-state index contributed by atoms with van der Waals surface area (Å²) in [5, 5.41) is 59.6. The van der Waals surface area contributed by atoms with Crippen LogP contribution in [0.25, 0.3) is 22.3 Å². The Morgan fingerprint density at radius 1 is 0.914 bits per heavy atom. The lowest BCUT2D eigenvalue weighted by atomic mass is 9.99. The van der Waals surface area contributed by atoms with Crippen molar-refractivity contribution in [3.8, 4) is 40.1 Å². The topological polar surface area (TPSA) is 189 Å².